The number of thiophene rings is 1. The van der Waals surface area contributed by atoms with E-state index in [-0.39, 0.29) is 12.2 Å². The van der Waals surface area contributed by atoms with Crippen LogP contribution in [0, 0.1) is 10.1 Å². The van der Waals surface area contributed by atoms with E-state index in [0.29, 0.717) is 10.6 Å². The van der Waals surface area contributed by atoms with Gasteiger partial charge in [-0.1, -0.05) is 12.1 Å². The molecule has 0 atom stereocenters. The SMILES string of the molecule is CCOC(=O)c1c(NC(=O)COC(=O)c2ccccc2[N+](=O)[O-])sc2c1CCCC2. The zero-order valence-corrected chi connectivity index (χ0v) is 17.1. The number of amides is 1. The number of nitro benzene ring substituents is 1. The van der Waals surface area contributed by atoms with E-state index in [1.165, 1.54) is 35.6 Å². The van der Waals surface area contributed by atoms with E-state index in [4.69, 9.17) is 9.47 Å². The molecule has 1 aliphatic rings. The maximum absolute atomic E-state index is 12.4. The number of carbonyl (C=O) groups is 3. The Morgan fingerprint density at radius 1 is 1.13 bits per heavy atom. The number of fused-ring (bicyclic) bond motifs is 1. The highest BCUT2D eigenvalue weighted by molar-refractivity contribution is 7.17. The second kappa shape index (κ2) is 9.49. The maximum atomic E-state index is 12.4. The molecule has 1 heterocycles. The Labute approximate surface area is 176 Å². The molecule has 158 valence electrons. The molecule has 2 aromatic rings. The largest absolute Gasteiger partial charge is 0.462 e. The van der Waals surface area contributed by atoms with Crippen molar-refractivity contribution >= 4 is 39.9 Å². The molecule has 0 fully saturated rings. The summed E-state index contributed by atoms with van der Waals surface area (Å²) in [6.45, 7) is 1.28. The van der Waals surface area contributed by atoms with Crippen molar-refractivity contribution in [3.63, 3.8) is 0 Å². The van der Waals surface area contributed by atoms with Crippen LogP contribution in [-0.2, 0) is 27.1 Å². The fourth-order valence-corrected chi connectivity index (χ4v) is 4.54. The molecule has 9 nitrogen and oxygen atoms in total. The van der Waals surface area contributed by atoms with Crippen molar-refractivity contribution < 1.29 is 28.8 Å². The highest BCUT2D eigenvalue weighted by Crippen LogP contribution is 2.38. The quantitative estimate of drug-likeness (QED) is 0.403. The van der Waals surface area contributed by atoms with Crippen molar-refractivity contribution in [3.05, 3.63) is 55.9 Å². The number of para-hydroxylation sites is 1. The van der Waals surface area contributed by atoms with E-state index in [0.717, 1.165) is 36.1 Å². The monoisotopic (exact) mass is 432 g/mol. The van der Waals surface area contributed by atoms with Crippen LogP contribution in [-0.4, -0.2) is 36.0 Å². The number of nitrogens with zero attached hydrogens (tertiary/aromatic N) is 1. The highest BCUT2D eigenvalue weighted by atomic mass is 32.1. The first-order valence-electron chi connectivity index (χ1n) is 9.44. The molecule has 10 heteroatoms. The van der Waals surface area contributed by atoms with Crippen LogP contribution in [0.15, 0.2) is 24.3 Å². The van der Waals surface area contributed by atoms with Crippen LogP contribution in [0.4, 0.5) is 10.7 Å². The predicted molar refractivity (Wildman–Crippen MR) is 109 cm³/mol. The van der Waals surface area contributed by atoms with Gasteiger partial charge in [-0.3, -0.25) is 14.9 Å². The molecule has 30 heavy (non-hydrogen) atoms. The summed E-state index contributed by atoms with van der Waals surface area (Å²) < 4.78 is 10.1. The Morgan fingerprint density at radius 2 is 1.87 bits per heavy atom. The van der Waals surface area contributed by atoms with Gasteiger partial charge in [0, 0.05) is 10.9 Å². The van der Waals surface area contributed by atoms with Gasteiger partial charge in [0.05, 0.1) is 17.1 Å². The number of hydrogen-bond donors (Lipinski definition) is 1. The summed E-state index contributed by atoms with van der Waals surface area (Å²) >= 11 is 1.32. The molecule has 1 amide bonds. The van der Waals surface area contributed by atoms with Crippen LogP contribution in [0.25, 0.3) is 0 Å². The van der Waals surface area contributed by atoms with E-state index in [9.17, 15) is 24.5 Å². The van der Waals surface area contributed by atoms with Crippen molar-refractivity contribution in [1.29, 1.82) is 0 Å². The number of hydrogen-bond acceptors (Lipinski definition) is 8. The molecule has 1 aromatic heterocycles. The summed E-state index contributed by atoms with van der Waals surface area (Å²) in [5.41, 5.74) is 0.611. The van der Waals surface area contributed by atoms with E-state index in [1.54, 1.807) is 6.92 Å². The van der Waals surface area contributed by atoms with Crippen LogP contribution in [0.2, 0.25) is 0 Å². The summed E-state index contributed by atoms with van der Waals surface area (Å²) in [5, 5.41) is 14.0. The number of esters is 2. The Hall–Kier alpha value is -3.27. The van der Waals surface area contributed by atoms with Crippen LogP contribution in [0.3, 0.4) is 0 Å². The summed E-state index contributed by atoms with van der Waals surface area (Å²) in [6.07, 6.45) is 3.53. The van der Waals surface area contributed by atoms with Crippen molar-refractivity contribution in [2.45, 2.75) is 32.6 Å². The summed E-state index contributed by atoms with van der Waals surface area (Å²) in [6, 6.07) is 5.32. The summed E-state index contributed by atoms with van der Waals surface area (Å²) in [5.74, 6) is -2.12. The molecule has 0 saturated carbocycles. The third-order valence-corrected chi connectivity index (χ3v) is 5.77. The van der Waals surface area contributed by atoms with Gasteiger partial charge in [0.15, 0.2) is 6.61 Å². The van der Waals surface area contributed by atoms with E-state index < -0.39 is 35.1 Å². The van der Waals surface area contributed by atoms with E-state index >= 15 is 0 Å². The number of anilines is 1. The van der Waals surface area contributed by atoms with E-state index in [2.05, 4.69) is 5.32 Å². The molecule has 0 aliphatic heterocycles. The number of rotatable bonds is 7. The first-order chi connectivity index (χ1) is 14.4. The minimum Gasteiger partial charge on any atom is -0.462 e. The second-order valence-corrected chi connectivity index (χ2v) is 7.64. The van der Waals surface area contributed by atoms with Crippen molar-refractivity contribution in [3.8, 4) is 0 Å². The fraction of sp³-hybridized carbons (Fsp3) is 0.350. The van der Waals surface area contributed by atoms with Gasteiger partial charge in [-0.25, -0.2) is 9.59 Å². The molecular weight excluding hydrogens is 412 g/mol. The van der Waals surface area contributed by atoms with Gasteiger partial charge in [0.2, 0.25) is 0 Å². The van der Waals surface area contributed by atoms with Gasteiger partial charge in [-0.15, -0.1) is 11.3 Å². The normalized spacial score (nSPS) is 12.6. The first kappa shape index (κ1) is 21.4. The zero-order chi connectivity index (χ0) is 21.7. The van der Waals surface area contributed by atoms with Crippen molar-refractivity contribution in [2.24, 2.45) is 0 Å². The van der Waals surface area contributed by atoms with Crippen molar-refractivity contribution in [2.75, 3.05) is 18.5 Å². The van der Waals surface area contributed by atoms with Gasteiger partial charge in [0.1, 0.15) is 10.6 Å². The van der Waals surface area contributed by atoms with Crippen LogP contribution < -0.4 is 5.32 Å². The lowest BCUT2D eigenvalue weighted by Gasteiger charge is -2.12. The minimum atomic E-state index is -0.978. The Balaban J connectivity index is 1.71. The average Bonchev–Trinajstić information content (AvgIpc) is 3.09. The van der Waals surface area contributed by atoms with Gasteiger partial charge in [0.25, 0.3) is 11.6 Å². The molecule has 0 bridgehead atoms. The lowest BCUT2D eigenvalue weighted by molar-refractivity contribution is -0.385. The van der Waals surface area contributed by atoms with Gasteiger partial charge < -0.3 is 14.8 Å². The van der Waals surface area contributed by atoms with Gasteiger partial charge in [-0.05, 0) is 44.2 Å². The zero-order valence-electron chi connectivity index (χ0n) is 16.3. The van der Waals surface area contributed by atoms with Gasteiger partial charge in [-0.2, -0.15) is 0 Å². The lowest BCUT2D eigenvalue weighted by Crippen LogP contribution is -2.22. The molecule has 1 aromatic carbocycles. The van der Waals surface area contributed by atoms with E-state index in [1.807, 2.05) is 0 Å². The number of nitro groups is 1. The number of ether oxygens (including phenoxy) is 2. The van der Waals surface area contributed by atoms with Crippen LogP contribution in [0.1, 0.15) is 50.9 Å². The second-order valence-electron chi connectivity index (χ2n) is 6.53. The summed E-state index contributed by atoms with van der Waals surface area (Å²) in [4.78, 5) is 48.3. The third-order valence-electron chi connectivity index (χ3n) is 4.56. The Morgan fingerprint density at radius 3 is 2.60 bits per heavy atom. The third kappa shape index (κ3) is 4.65. The highest BCUT2D eigenvalue weighted by Gasteiger charge is 2.28. The molecule has 0 radical (unpaired) electrons. The predicted octanol–water partition coefficient (Wildman–Crippen LogP) is 3.51. The molecule has 0 unspecified atom stereocenters. The summed E-state index contributed by atoms with van der Waals surface area (Å²) in [7, 11) is 0. The van der Waals surface area contributed by atoms with Gasteiger partial charge >= 0.3 is 11.9 Å². The topological polar surface area (TPSA) is 125 Å². The standard InChI is InChI=1S/C20H20N2O7S/c1-2-28-20(25)17-13-8-4-6-10-15(13)30-18(17)21-16(23)11-29-19(24)12-7-3-5-9-14(12)22(26)27/h3,5,7,9H,2,4,6,8,10-11H2,1H3,(H,21,23). The Kier molecular flexibility index (Phi) is 6.78. The first-order valence-corrected chi connectivity index (χ1v) is 10.3. The lowest BCUT2D eigenvalue weighted by atomic mass is 9.95. The average molecular weight is 432 g/mol. The molecule has 1 N–H and O–H groups in total. The molecule has 0 saturated heterocycles. The maximum Gasteiger partial charge on any atom is 0.345 e. The number of aryl methyl sites for hydroxylation is 1. The minimum absolute atomic E-state index is 0.213. The molecule has 1 aliphatic carbocycles. The molecule has 3 rings (SSSR count). The number of nitrogens with one attached hydrogen (secondary N) is 1. The number of carbonyl (C=O) groups excluding carboxylic acids is 3. The fourth-order valence-electron chi connectivity index (χ4n) is 3.25. The van der Waals surface area contributed by atoms with Crippen LogP contribution >= 0.6 is 11.3 Å². The smallest absolute Gasteiger partial charge is 0.345 e. The number of benzene rings is 1. The van der Waals surface area contributed by atoms with Crippen molar-refractivity contribution in [1.82, 2.24) is 0 Å². The Bertz CT molecular complexity index is 999. The molecular formula is C20H20N2O7S. The molecule has 0 spiro atoms. The van der Waals surface area contributed by atoms with Crippen LogP contribution in [0.5, 0.6) is 0 Å².